The first kappa shape index (κ1) is 15.3. The molecule has 4 nitrogen and oxygen atoms in total. The van der Waals surface area contributed by atoms with Gasteiger partial charge in [-0.2, -0.15) is 18.2 Å². The van der Waals surface area contributed by atoms with Gasteiger partial charge in [0.1, 0.15) is 0 Å². The Hall–Kier alpha value is -1.11. The second-order valence-electron chi connectivity index (χ2n) is 5.62. The van der Waals surface area contributed by atoms with E-state index in [1.165, 1.54) is 0 Å². The Morgan fingerprint density at radius 1 is 1.30 bits per heavy atom. The van der Waals surface area contributed by atoms with E-state index in [2.05, 4.69) is 15.5 Å². The Morgan fingerprint density at radius 3 is 2.65 bits per heavy atom. The van der Waals surface area contributed by atoms with Crippen LogP contribution in [0.4, 0.5) is 13.2 Å². The number of halogens is 3. The quantitative estimate of drug-likeness (QED) is 0.923. The molecule has 2 unspecified atom stereocenters. The number of rotatable bonds is 4. The summed E-state index contributed by atoms with van der Waals surface area (Å²) in [5, 5.41) is 6.88. The second-order valence-corrected chi connectivity index (χ2v) is 5.62. The predicted octanol–water partition coefficient (Wildman–Crippen LogP) is 3.40. The molecule has 0 spiro atoms. The normalized spacial score (nSPS) is 24.3. The topological polar surface area (TPSA) is 51.0 Å². The minimum atomic E-state index is -4.20. The molecule has 0 bridgehead atoms. The molecule has 1 saturated carbocycles. The molecule has 1 fully saturated rings. The molecule has 1 aromatic rings. The van der Waals surface area contributed by atoms with Crippen LogP contribution in [0.5, 0.6) is 0 Å². The molecule has 0 aliphatic heterocycles. The van der Waals surface area contributed by atoms with Crippen LogP contribution in [0.2, 0.25) is 0 Å². The summed E-state index contributed by atoms with van der Waals surface area (Å²) in [6.45, 7) is 4.36. The molecule has 0 aromatic carbocycles. The summed E-state index contributed by atoms with van der Waals surface area (Å²) >= 11 is 0. The summed E-state index contributed by atoms with van der Waals surface area (Å²) in [4.78, 5) is 4.13. The molecule has 1 heterocycles. The van der Waals surface area contributed by atoms with Gasteiger partial charge in [-0.25, -0.2) is 0 Å². The van der Waals surface area contributed by atoms with E-state index in [4.69, 9.17) is 4.52 Å². The molecule has 7 heteroatoms. The standard InChI is InChI=1S/C13H20F3N3O/c1-8(2)17-7-11-18-12(20-19-11)9-5-3-4-6-10(9)13(14,15)16/h8-10,17H,3-7H2,1-2H3. The van der Waals surface area contributed by atoms with Crippen molar-refractivity contribution in [2.24, 2.45) is 5.92 Å². The first-order chi connectivity index (χ1) is 9.38. The van der Waals surface area contributed by atoms with E-state index >= 15 is 0 Å². The van der Waals surface area contributed by atoms with E-state index in [0.717, 1.165) is 6.42 Å². The van der Waals surface area contributed by atoms with Gasteiger partial charge in [-0.1, -0.05) is 31.8 Å². The highest BCUT2D eigenvalue weighted by Gasteiger charge is 2.47. The zero-order chi connectivity index (χ0) is 14.8. The maximum Gasteiger partial charge on any atom is 0.392 e. The van der Waals surface area contributed by atoms with E-state index in [1.807, 2.05) is 13.8 Å². The average molecular weight is 291 g/mol. The largest absolute Gasteiger partial charge is 0.392 e. The Morgan fingerprint density at radius 2 is 2.00 bits per heavy atom. The van der Waals surface area contributed by atoms with E-state index in [9.17, 15) is 13.2 Å². The molecule has 0 saturated heterocycles. The van der Waals surface area contributed by atoms with Crippen LogP contribution < -0.4 is 5.32 Å². The number of nitrogens with one attached hydrogen (secondary N) is 1. The highest BCUT2D eigenvalue weighted by Crippen LogP contribution is 2.45. The molecule has 1 aromatic heterocycles. The zero-order valence-corrected chi connectivity index (χ0v) is 11.7. The Labute approximate surface area is 116 Å². The van der Waals surface area contributed by atoms with Crippen LogP contribution >= 0.6 is 0 Å². The second kappa shape index (κ2) is 6.11. The first-order valence-corrected chi connectivity index (χ1v) is 7.00. The first-order valence-electron chi connectivity index (χ1n) is 7.00. The third-order valence-corrected chi connectivity index (χ3v) is 3.66. The highest BCUT2D eigenvalue weighted by molar-refractivity contribution is 5.00. The summed E-state index contributed by atoms with van der Waals surface area (Å²) in [6.07, 6.45) is -2.20. The van der Waals surface area contributed by atoms with E-state index in [-0.39, 0.29) is 18.4 Å². The molecule has 114 valence electrons. The van der Waals surface area contributed by atoms with Crippen molar-refractivity contribution in [3.8, 4) is 0 Å². The van der Waals surface area contributed by atoms with Crippen LogP contribution in [0.1, 0.15) is 57.2 Å². The van der Waals surface area contributed by atoms with E-state index in [0.29, 0.717) is 25.2 Å². The fourth-order valence-electron chi connectivity index (χ4n) is 2.60. The van der Waals surface area contributed by atoms with Crippen molar-refractivity contribution in [3.05, 3.63) is 11.7 Å². The van der Waals surface area contributed by atoms with Crippen molar-refractivity contribution in [1.82, 2.24) is 15.5 Å². The molecule has 1 aliphatic carbocycles. The van der Waals surface area contributed by atoms with Gasteiger partial charge in [0.15, 0.2) is 5.82 Å². The summed E-state index contributed by atoms with van der Waals surface area (Å²) in [5.74, 6) is -1.50. The molecule has 20 heavy (non-hydrogen) atoms. The summed E-state index contributed by atoms with van der Waals surface area (Å²) in [5.41, 5.74) is 0. The van der Waals surface area contributed by atoms with Crippen LogP contribution in [0.3, 0.4) is 0 Å². The molecule has 2 atom stereocenters. The third kappa shape index (κ3) is 3.71. The van der Waals surface area contributed by atoms with Gasteiger partial charge in [0.25, 0.3) is 0 Å². The molecule has 0 radical (unpaired) electrons. The lowest BCUT2D eigenvalue weighted by atomic mass is 9.78. The highest BCUT2D eigenvalue weighted by atomic mass is 19.4. The summed E-state index contributed by atoms with van der Waals surface area (Å²) < 4.78 is 44.2. The van der Waals surface area contributed by atoms with Crippen molar-refractivity contribution in [3.63, 3.8) is 0 Å². The molecular weight excluding hydrogens is 271 g/mol. The summed E-state index contributed by atoms with van der Waals surface area (Å²) in [7, 11) is 0. The number of alkyl halides is 3. The van der Waals surface area contributed by atoms with Crippen LogP contribution in [-0.2, 0) is 6.54 Å². The molecular formula is C13H20F3N3O. The van der Waals surface area contributed by atoms with Gasteiger partial charge in [0.05, 0.1) is 12.5 Å². The van der Waals surface area contributed by atoms with Gasteiger partial charge < -0.3 is 9.84 Å². The lowest BCUT2D eigenvalue weighted by Crippen LogP contribution is -2.31. The van der Waals surface area contributed by atoms with E-state index in [1.54, 1.807) is 0 Å². The van der Waals surface area contributed by atoms with Gasteiger partial charge in [-0.15, -0.1) is 0 Å². The zero-order valence-electron chi connectivity index (χ0n) is 11.7. The van der Waals surface area contributed by atoms with Crippen molar-refractivity contribution < 1.29 is 17.7 Å². The lowest BCUT2D eigenvalue weighted by Gasteiger charge is -2.30. The van der Waals surface area contributed by atoms with Gasteiger partial charge in [0.2, 0.25) is 5.89 Å². The Balaban J connectivity index is 2.08. The van der Waals surface area contributed by atoms with Crippen LogP contribution in [0, 0.1) is 5.92 Å². The van der Waals surface area contributed by atoms with Crippen molar-refractivity contribution in [1.29, 1.82) is 0 Å². The minimum Gasteiger partial charge on any atom is -0.339 e. The fraction of sp³-hybridized carbons (Fsp3) is 0.846. The van der Waals surface area contributed by atoms with Crippen molar-refractivity contribution >= 4 is 0 Å². The Kier molecular flexibility index (Phi) is 4.67. The maximum absolute atomic E-state index is 13.0. The maximum atomic E-state index is 13.0. The van der Waals surface area contributed by atoms with Gasteiger partial charge in [0, 0.05) is 12.0 Å². The van der Waals surface area contributed by atoms with Crippen molar-refractivity contribution in [2.45, 2.75) is 64.2 Å². The average Bonchev–Trinajstić information content (AvgIpc) is 2.84. The third-order valence-electron chi connectivity index (χ3n) is 3.66. The van der Waals surface area contributed by atoms with Crippen LogP contribution in [0.15, 0.2) is 4.52 Å². The van der Waals surface area contributed by atoms with Crippen LogP contribution in [0.25, 0.3) is 0 Å². The van der Waals surface area contributed by atoms with E-state index < -0.39 is 18.0 Å². The molecule has 1 N–H and O–H groups in total. The summed E-state index contributed by atoms with van der Waals surface area (Å²) in [6, 6.07) is 0.259. The van der Waals surface area contributed by atoms with Gasteiger partial charge in [-0.05, 0) is 12.8 Å². The monoisotopic (exact) mass is 291 g/mol. The van der Waals surface area contributed by atoms with Gasteiger partial charge >= 0.3 is 6.18 Å². The Bertz CT molecular complexity index is 431. The smallest absolute Gasteiger partial charge is 0.339 e. The van der Waals surface area contributed by atoms with Gasteiger partial charge in [-0.3, -0.25) is 0 Å². The number of hydrogen-bond donors (Lipinski definition) is 1. The lowest BCUT2D eigenvalue weighted by molar-refractivity contribution is -0.189. The predicted molar refractivity (Wildman–Crippen MR) is 67.0 cm³/mol. The molecule has 1 aliphatic rings. The molecule has 2 rings (SSSR count). The minimum absolute atomic E-state index is 0.132. The number of aromatic nitrogens is 2. The SMILES string of the molecule is CC(C)NCc1noc(C2CCCCC2C(F)(F)F)n1. The van der Waals surface area contributed by atoms with Crippen LogP contribution in [-0.4, -0.2) is 22.4 Å². The van der Waals surface area contributed by atoms with Crippen molar-refractivity contribution in [2.75, 3.05) is 0 Å². The molecule has 0 amide bonds. The number of hydrogen-bond acceptors (Lipinski definition) is 4. The number of nitrogens with zero attached hydrogens (tertiary/aromatic N) is 2. The fourth-order valence-corrected chi connectivity index (χ4v) is 2.60.